The van der Waals surface area contributed by atoms with Crippen molar-refractivity contribution in [3.8, 4) is 17.1 Å². The van der Waals surface area contributed by atoms with Gasteiger partial charge in [-0.2, -0.15) is 0 Å². The molecule has 78 valence electrons. The first-order chi connectivity index (χ1) is 7.08. The molecule has 0 aliphatic heterocycles. The molecule has 1 aromatic carbocycles. The van der Waals surface area contributed by atoms with Crippen molar-refractivity contribution in [2.24, 2.45) is 0 Å². The molecule has 2 rings (SSSR count). The monoisotopic (exact) mass is 212 g/mol. The fourth-order valence-electron chi connectivity index (χ4n) is 1.13. The van der Waals surface area contributed by atoms with Gasteiger partial charge in [-0.1, -0.05) is 5.16 Å². The molecule has 0 fully saturated rings. The second-order valence-corrected chi connectivity index (χ2v) is 2.90. The number of phenolic OH excluding ortho intramolecular Hbond substituents is 1. The van der Waals surface area contributed by atoms with Crippen molar-refractivity contribution in [2.75, 3.05) is 5.73 Å². The third-order valence-electron chi connectivity index (χ3n) is 1.83. The SMILES string of the molecule is Nc1cc(-c2cc(F)c(O)c(F)c2)on1. The number of aromatic nitrogens is 1. The summed E-state index contributed by atoms with van der Waals surface area (Å²) in [6.45, 7) is 0. The third-order valence-corrected chi connectivity index (χ3v) is 1.83. The van der Waals surface area contributed by atoms with Gasteiger partial charge >= 0.3 is 0 Å². The van der Waals surface area contributed by atoms with Gasteiger partial charge in [0, 0.05) is 11.6 Å². The molecular weight excluding hydrogens is 206 g/mol. The Kier molecular flexibility index (Phi) is 2.03. The Labute approximate surface area is 82.9 Å². The average Bonchev–Trinajstić information content (AvgIpc) is 2.60. The van der Waals surface area contributed by atoms with E-state index in [4.69, 9.17) is 15.4 Å². The highest BCUT2D eigenvalue weighted by Crippen LogP contribution is 2.28. The fourth-order valence-corrected chi connectivity index (χ4v) is 1.13. The number of anilines is 1. The molecule has 0 saturated heterocycles. The number of nitrogen functional groups attached to an aromatic ring is 1. The summed E-state index contributed by atoms with van der Waals surface area (Å²) in [6.07, 6.45) is 0. The minimum atomic E-state index is -1.07. The largest absolute Gasteiger partial charge is 0.503 e. The van der Waals surface area contributed by atoms with Crippen LogP contribution < -0.4 is 5.73 Å². The Morgan fingerprint density at radius 2 is 1.80 bits per heavy atom. The van der Waals surface area contributed by atoms with Crippen LogP contribution in [0.3, 0.4) is 0 Å². The van der Waals surface area contributed by atoms with Crippen molar-refractivity contribution < 1.29 is 18.4 Å². The maximum absolute atomic E-state index is 12.9. The van der Waals surface area contributed by atoms with E-state index in [-0.39, 0.29) is 17.1 Å². The molecule has 0 saturated carbocycles. The second-order valence-electron chi connectivity index (χ2n) is 2.90. The van der Waals surface area contributed by atoms with Crippen LogP contribution >= 0.6 is 0 Å². The van der Waals surface area contributed by atoms with Gasteiger partial charge in [0.25, 0.3) is 0 Å². The van der Waals surface area contributed by atoms with Crippen LogP contribution in [0, 0.1) is 11.6 Å². The Bertz CT molecular complexity index is 488. The Morgan fingerprint density at radius 3 is 2.27 bits per heavy atom. The minimum absolute atomic E-state index is 0.110. The van der Waals surface area contributed by atoms with Crippen LogP contribution in [0.1, 0.15) is 0 Å². The lowest BCUT2D eigenvalue weighted by molar-refractivity contribution is 0.395. The molecular formula is C9H6F2N2O2. The number of hydrogen-bond acceptors (Lipinski definition) is 4. The first-order valence-electron chi connectivity index (χ1n) is 3.98. The molecule has 4 nitrogen and oxygen atoms in total. The maximum Gasteiger partial charge on any atom is 0.187 e. The van der Waals surface area contributed by atoms with Gasteiger partial charge in [0.1, 0.15) is 0 Å². The predicted molar refractivity (Wildman–Crippen MR) is 47.9 cm³/mol. The van der Waals surface area contributed by atoms with Crippen LogP contribution in [-0.4, -0.2) is 10.3 Å². The zero-order chi connectivity index (χ0) is 11.0. The first-order valence-corrected chi connectivity index (χ1v) is 3.98. The summed E-state index contributed by atoms with van der Waals surface area (Å²) < 4.78 is 30.6. The van der Waals surface area contributed by atoms with Crippen LogP contribution in [-0.2, 0) is 0 Å². The summed E-state index contributed by atoms with van der Waals surface area (Å²) in [5.74, 6) is -2.92. The molecule has 0 aliphatic rings. The van der Waals surface area contributed by atoms with E-state index in [2.05, 4.69) is 5.16 Å². The number of hydrogen-bond donors (Lipinski definition) is 2. The fraction of sp³-hybridized carbons (Fsp3) is 0. The normalized spacial score (nSPS) is 10.5. The van der Waals surface area contributed by atoms with E-state index in [1.165, 1.54) is 6.07 Å². The number of rotatable bonds is 1. The van der Waals surface area contributed by atoms with Gasteiger partial charge in [-0.3, -0.25) is 0 Å². The molecule has 0 unspecified atom stereocenters. The van der Waals surface area contributed by atoms with E-state index in [0.29, 0.717) is 0 Å². The van der Waals surface area contributed by atoms with Gasteiger partial charge < -0.3 is 15.4 Å². The summed E-state index contributed by atoms with van der Waals surface area (Å²) in [6, 6.07) is 3.18. The third kappa shape index (κ3) is 1.61. The van der Waals surface area contributed by atoms with Crippen molar-refractivity contribution in [2.45, 2.75) is 0 Å². The molecule has 0 radical (unpaired) electrons. The van der Waals surface area contributed by atoms with E-state index in [1.54, 1.807) is 0 Å². The predicted octanol–water partition coefficient (Wildman–Crippen LogP) is 1.91. The van der Waals surface area contributed by atoms with E-state index < -0.39 is 17.4 Å². The van der Waals surface area contributed by atoms with Gasteiger partial charge in [0.2, 0.25) is 0 Å². The van der Waals surface area contributed by atoms with Gasteiger partial charge in [-0.25, -0.2) is 8.78 Å². The number of aromatic hydroxyl groups is 1. The summed E-state index contributed by atoms with van der Waals surface area (Å²) in [5.41, 5.74) is 5.40. The van der Waals surface area contributed by atoms with Crippen LogP contribution in [0.15, 0.2) is 22.7 Å². The van der Waals surface area contributed by atoms with Crippen LogP contribution in [0.5, 0.6) is 5.75 Å². The first kappa shape index (κ1) is 9.45. The van der Waals surface area contributed by atoms with Crippen molar-refractivity contribution in [1.82, 2.24) is 5.16 Å². The van der Waals surface area contributed by atoms with Gasteiger partial charge in [-0.15, -0.1) is 0 Å². The molecule has 0 bridgehead atoms. The van der Waals surface area contributed by atoms with E-state index in [0.717, 1.165) is 12.1 Å². The van der Waals surface area contributed by atoms with Crippen molar-refractivity contribution in [1.29, 1.82) is 0 Å². The number of nitrogens with two attached hydrogens (primary N) is 1. The lowest BCUT2D eigenvalue weighted by Gasteiger charge is -1.99. The quantitative estimate of drug-likeness (QED) is 0.757. The van der Waals surface area contributed by atoms with Crippen LogP contribution in [0.2, 0.25) is 0 Å². The van der Waals surface area contributed by atoms with Crippen molar-refractivity contribution >= 4 is 5.82 Å². The highest BCUT2D eigenvalue weighted by Gasteiger charge is 2.13. The summed E-state index contributed by atoms with van der Waals surface area (Å²) in [5, 5.41) is 12.2. The molecule has 1 aromatic heterocycles. The standard InChI is InChI=1S/C9H6F2N2O2/c10-5-1-4(2-6(11)9(5)14)7-3-8(12)13-15-7/h1-3,14H,(H2,12,13). The molecule has 0 amide bonds. The Hall–Kier alpha value is -2.11. The maximum atomic E-state index is 12.9. The van der Waals surface area contributed by atoms with Crippen molar-refractivity contribution in [3.63, 3.8) is 0 Å². The molecule has 0 aliphatic carbocycles. The minimum Gasteiger partial charge on any atom is -0.503 e. The van der Waals surface area contributed by atoms with Gasteiger partial charge in [0.15, 0.2) is 29.0 Å². The van der Waals surface area contributed by atoms with Gasteiger partial charge in [0.05, 0.1) is 0 Å². The smallest absolute Gasteiger partial charge is 0.187 e. The average molecular weight is 212 g/mol. The van der Waals surface area contributed by atoms with E-state index in [9.17, 15) is 8.78 Å². The Balaban J connectivity index is 2.55. The molecule has 15 heavy (non-hydrogen) atoms. The zero-order valence-corrected chi connectivity index (χ0v) is 7.37. The second kappa shape index (κ2) is 3.23. The van der Waals surface area contributed by atoms with E-state index in [1.807, 2.05) is 0 Å². The molecule has 3 N–H and O–H groups in total. The van der Waals surface area contributed by atoms with Crippen molar-refractivity contribution in [3.05, 3.63) is 29.8 Å². The summed E-state index contributed by atoms with van der Waals surface area (Å²) in [4.78, 5) is 0. The summed E-state index contributed by atoms with van der Waals surface area (Å²) in [7, 11) is 0. The highest BCUT2D eigenvalue weighted by molar-refractivity contribution is 5.61. The number of halogens is 2. The summed E-state index contributed by atoms with van der Waals surface area (Å²) >= 11 is 0. The van der Waals surface area contributed by atoms with E-state index >= 15 is 0 Å². The lowest BCUT2D eigenvalue weighted by Crippen LogP contribution is -1.85. The van der Waals surface area contributed by atoms with Gasteiger partial charge in [-0.05, 0) is 12.1 Å². The zero-order valence-electron chi connectivity index (χ0n) is 7.37. The number of phenols is 1. The molecule has 2 aromatic rings. The molecule has 0 spiro atoms. The highest BCUT2D eigenvalue weighted by atomic mass is 19.1. The molecule has 6 heteroatoms. The molecule has 1 heterocycles. The lowest BCUT2D eigenvalue weighted by atomic mass is 10.1. The number of benzene rings is 1. The Morgan fingerprint density at radius 1 is 1.20 bits per heavy atom. The van der Waals surface area contributed by atoms with Crippen LogP contribution in [0.4, 0.5) is 14.6 Å². The molecule has 0 atom stereocenters. The van der Waals surface area contributed by atoms with Crippen LogP contribution in [0.25, 0.3) is 11.3 Å². The number of nitrogens with zero attached hydrogens (tertiary/aromatic N) is 1. The topological polar surface area (TPSA) is 72.3 Å².